The molecule has 1 aliphatic heterocycles. The fourth-order valence-electron chi connectivity index (χ4n) is 1.97. The van der Waals surface area contributed by atoms with E-state index in [0.29, 0.717) is 19.3 Å². The molecular formula is C12H18N2O2. The minimum Gasteiger partial charge on any atom is -0.470 e. The topological polar surface area (TPSA) is 35.9 Å². The van der Waals surface area contributed by atoms with Crippen molar-refractivity contribution >= 4 is 5.69 Å². The Hall–Kier alpha value is -1.26. The summed E-state index contributed by atoms with van der Waals surface area (Å²) in [5.41, 5.74) is 1.07. The highest BCUT2D eigenvalue weighted by atomic mass is 16.5. The van der Waals surface area contributed by atoms with Gasteiger partial charge in [-0.05, 0) is 26.0 Å². The largest absolute Gasteiger partial charge is 0.470 e. The summed E-state index contributed by atoms with van der Waals surface area (Å²) >= 11 is 0. The van der Waals surface area contributed by atoms with E-state index in [0.717, 1.165) is 11.4 Å². The lowest BCUT2D eigenvalue weighted by atomic mass is 10.3. The maximum absolute atomic E-state index is 9.08. The van der Waals surface area contributed by atoms with E-state index in [1.807, 2.05) is 24.3 Å². The third-order valence-corrected chi connectivity index (χ3v) is 2.72. The van der Waals surface area contributed by atoms with Crippen molar-refractivity contribution < 1.29 is 9.84 Å². The van der Waals surface area contributed by atoms with Crippen LogP contribution in [0.4, 0.5) is 5.69 Å². The number of benzene rings is 1. The minimum absolute atomic E-state index is 0.150. The van der Waals surface area contributed by atoms with Crippen molar-refractivity contribution in [3.05, 3.63) is 24.3 Å². The number of anilines is 1. The number of hydrogen-bond acceptors (Lipinski definition) is 4. The van der Waals surface area contributed by atoms with Gasteiger partial charge >= 0.3 is 0 Å². The average molecular weight is 222 g/mol. The molecule has 0 fully saturated rings. The van der Waals surface area contributed by atoms with Gasteiger partial charge in [0.2, 0.25) is 0 Å². The summed E-state index contributed by atoms with van der Waals surface area (Å²) in [7, 11) is 0. The second-order valence-corrected chi connectivity index (χ2v) is 4.12. The first-order valence-corrected chi connectivity index (χ1v) is 5.61. The van der Waals surface area contributed by atoms with Gasteiger partial charge in [-0.15, -0.1) is 0 Å². The van der Waals surface area contributed by atoms with E-state index in [4.69, 9.17) is 9.84 Å². The lowest BCUT2D eigenvalue weighted by Gasteiger charge is -2.34. The van der Waals surface area contributed by atoms with Crippen molar-refractivity contribution in [2.24, 2.45) is 0 Å². The molecule has 1 aliphatic rings. The summed E-state index contributed by atoms with van der Waals surface area (Å²) in [5, 5.41) is 13.3. The Balaban J connectivity index is 2.22. The van der Waals surface area contributed by atoms with E-state index < -0.39 is 0 Å². The smallest absolute Gasteiger partial charge is 0.175 e. The molecule has 0 amide bonds. The standard InChI is InChI=1S/C12H18N2O2/c1-10(2)13(7-8-15)14-9-16-12-6-4-3-5-11(12)14/h3-6,10,15H,7-9H2,1-2H3. The van der Waals surface area contributed by atoms with Crippen LogP contribution in [0.2, 0.25) is 0 Å². The van der Waals surface area contributed by atoms with Gasteiger partial charge in [-0.1, -0.05) is 12.1 Å². The molecule has 0 unspecified atom stereocenters. The molecule has 1 aromatic rings. The lowest BCUT2D eigenvalue weighted by molar-refractivity contribution is 0.133. The van der Waals surface area contributed by atoms with Crippen LogP contribution in [0.25, 0.3) is 0 Å². The van der Waals surface area contributed by atoms with Gasteiger partial charge in [0, 0.05) is 12.6 Å². The van der Waals surface area contributed by atoms with Gasteiger partial charge < -0.3 is 9.84 Å². The van der Waals surface area contributed by atoms with Crippen molar-refractivity contribution in [1.29, 1.82) is 0 Å². The number of para-hydroxylation sites is 2. The van der Waals surface area contributed by atoms with Gasteiger partial charge in [0.15, 0.2) is 6.73 Å². The molecule has 1 N–H and O–H groups in total. The molecule has 4 heteroatoms. The Morgan fingerprint density at radius 2 is 2.19 bits per heavy atom. The minimum atomic E-state index is 0.150. The summed E-state index contributed by atoms with van der Waals surface area (Å²) in [6, 6.07) is 8.30. The molecule has 0 atom stereocenters. The number of fused-ring (bicyclic) bond motifs is 1. The van der Waals surface area contributed by atoms with Crippen LogP contribution in [0.1, 0.15) is 13.8 Å². The Morgan fingerprint density at radius 1 is 1.44 bits per heavy atom. The van der Waals surface area contributed by atoms with Crippen LogP contribution in [-0.4, -0.2) is 36.0 Å². The van der Waals surface area contributed by atoms with Crippen molar-refractivity contribution in [3.63, 3.8) is 0 Å². The van der Waals surface area contributed by atoms with Crippen LogP contribution >= 0.6 is 0 Å². The third kappa shape index (κ3) is 1.99. The van der Waals surface area contributed by atoms with E-state index in [9.17, 15) is 0 Å². The first-order chi connectivity index (χ1) is 7.74. The van der Waals surface area contributed by atoms with Crippen LogP contribution in [0, 0.1) is 0 Å². The maximum Gasteiger partial charge on any atom is 0.175 e. The van der Waals surface area contributed by atoms with E-state index in [1.165, 1.54) is 0 Å². The highest BCUT2D eigenvalue weighted by molar-refractivity contribution is 5.60. The molecule has 0 bridgehead atoms. The molecule has 0 saturated heterocycles. The number of aliphatic hydroxyl groups is 1. The number of rotatable bonds is 4. The van der Waals surface area contributed by atoms with Crippen LogP contribution in [0.3, 0.4) is 0 Å². The Morgan fingerprint density at radius 3 is 2.88 bits per heavy atom. The lowest BCUT2D eigenvalue weighted by Crippen LogP contribution is -2.48. The normalized spacial score (nSPS) is 14.4. The molecule has 2 rings (SSSR count). The van der Waals surface area contributed by atoms with Gasteiger partial charge in [-0.25, -0.2) is 5.01 Å². The quantitative estimate of drug-likeness (QED) is 0.836. The molecule has 0 spiro atoms. The van der Waals surface area contributed by atoms with Gasteiger partial charge in [-0.2, -0.15) is 0 Å². The summed E-state index contributed by atoms with van der Waals surface area (Å²) in [4.78, 5) is 0. The number of hydrazine groups is 1. The predicted molar refractivity (Wildman–Crippen MR) is 63.3 cm³/mol. The Kier molecular flexibility index (Phi) is 3.31. The van der Waals surface area contributed by atoms with Crippen molar-refractivity contribution in [1.82, 2.24) is 5.01 Å². The molecule has 1 aromatic carbocycles. The highest BCUT2D eigenvalue weighted by Crippen LogP contribution is 2.34. The summed E-state index contributed by atoms with van der Waals surface area (Å²) in [5.74, 6) is 0.908. The third-order valence-electron chi connectivity index (χ3n) is 2.72. The number of nitrogens with zero attached hydrogens (tertiary/aromatic N) is 2. The molecule has 88 valence electrons. The monoisotopic (exact) mass is 222 g/mol. The summed E-state index contributed by atoms with van der Waals surface area (Å²) < 4.78 is 5.59. The van der Waals surface area contributed by atoms with Crippen LogP contribution < -0.4 is 9.75 Å². The zero-order valence-electron chi connectivity index (χ0n) is 9.76. The van der Waals surface area contributed by atoms with Crippen molar-refractivity contribution in [2.45, 2.75) is 19.9 Å². The maximum atomic E-state index is 9.08. The molecule has 0 aliphatic carbocycles. The van der Waals surface area contributed by atoms with Crippen LogP contribution in [0.15, 0.2) is 24.3 Å². The first-order valence-electron chi connectivity index (χ1n) is 5.61. The Labute approximate surface area is 96.0 Å². The zero-order chi connectivity index (χ0) is 11.5. The summed E-state index contributed by atoms with van der Waals surface area (Å²) in [6.45, 7) is 5.51. The van der Waals surface area contributed by atoms with Gasteiger partial charge in [0.05, 0.1) is 12.3 Å². The summed E-state index contributed by atoms with van der Waals surface area (Å²) in [6.07, 6.45) is 0. The molecule has 1 heterocycles. The zero-order valence-corrected chi connectivity index (χ0v) is 9.76. The van der Waals surface area contributed by atoms with Crippen LogP contribution in [0.5, 0.6) is 5.75 Å². The number of aliphatic hydroxyl groups excluding tert-OH is 1. The highest BCUT2D eigenvalue weighted by Gasteiger charge is 2.26. The first kappa shape index (κ1) is 11.2. The van der Waals surface area contributed by atoms with Gasteiger partial charge in [0.1, 0.15) is 5.75 Å². The second kappa shape index (κ2) is 4.72. The van der Waals surface area contributed by atoms with Crippen LogP contribution in [-0.2, 0) is 0 Å². The fraction of sp³-hybridized carbons (Fsp3) is 0.500. The van der Waals surface area contributed by atoms with E-state index in [2.05, 4.69) is 23.9 Å². The average Bonchev–Trinajstić information content (AvgIpc) is 2.69. The molecular weight excluding hydrogens is 204 g/mol. The molecule has 0 saturated carbocycles. The number of ether oxygens (including phenoxy) is 1. The predicted octanol–water partition coefficient (Wildman–Crippen LogP) is 1.46. The molecule has 0 aromatic heterocycles. The van der Waals surface area contributed by atoms with E-state index in [1.54, 1.807) is 0 Å². The fourth-order valence-corrected chi connectivity index (χ4v) is 1.97. The molecule has 4 nitrogen and oxygen atoms in total. The molecule has 16 heavy (non-hydrogen) atoms. The van der Waals surface area contributed by atoms with Crippen molar-refractivity contribution in [3.8, 4) is 5.75 Å². The van der Waals surface area contributed by atoms with Gasteiger partial charge in [0.25, 0.3) is 0 Å². The van der Waals surface area contributed by atoms with Crippen molar-refractivity contribution in [2.75, 3.05) is 24.9 Å². The SMILES string of the molecule is CC(C)N(CCO)N1COc2ccccc21. The van der Waals surface area contributed by atoms with Gasteiger partial charge in [-0.3, -0.25) is 5.01 Å². The van der Waals surface area contributed by atoms with E-state index >= 15 is 0 Å². The second-order valence-electron chi connectivity index (χ2n) is 4.12. The molecule has 0 radical (unpaired) electrons. The van der Waals surface area contributed by atoms with E-state index in [-0.39, 0.29) is 6.61 Å². The number of hydrogen-bond donors (Lipinski definition) is 1. The Bertz CT molecular complexity index is 355.